The molecule has 68 heavy (non-hydrogen) atoms. The van der Waals surface area contributed by atoms with Gasteiger partial charge in [-0.25, -0.2) is 0 Å². The van der Waals surface area contributed by atoms with E-state index in [4.69, 9.17) is 0 Å². The number of para-hydroxylation sites is 4. The van der Waals surface area contributed by atoms with E-state index in [1.54, 1.807) is 0 Å². The molecule has 2 heteroatoms. The summed E-state index contributed by atoms with van der Waals surface area (Å²) in [5, 5.41) is 7.41. The summed E-state index contributed by atoms with van der Waals surface area (Å²) in [5.41, 5.74) is 16.1. The highest BCUT2D eigenvalue weighted by Gasteiger charge is 2.23. The van der Waals surface area contributed by atoms with Crippen molar-refractivity contribution in [3.05, 3.63) is 279 Å². The third kappa shape index (κ3) is 7.45. The van der Waals surface area contributed by atoms with Gasteiger partial charge in [0, 0.05) is 34.1 Å². The fourth-order valence-corrected chi connectivity index (χ4v) is 10.1. The van der Waals surface area contributed by atoms with Crippen LogP contribution in [0.3, 0.4) is 0 Å². The summed E-state index contributed by atoms with van der Waals surface area (Å²) in [7, 11) is 0. The van der Waals surface area contributed by atoms with Crippen LogP contribution in [0.15, 0.2) is 279 Å². The van der Waals surface area contributed by atoms with Gasteiger partial charge in [0.05, 0.1) is 0 Å². The summed E-state index contributed by atoms with van der Waals surface area (Å²) in [6.45, 7) is 0. The average molecular weight is 867 g/mol. The first-order valence-corrected chi connectivity index (χ1v) is 23.3. The Hall–Kier alpha value is -8.98. The molecule has 2 nitrogen and oxygen atoms in total. The first kappa shape index (κ1) is 40.5. The third-order valence-electron chi connectivity index (χ3n) is 13.2. The van der Waals surface area contributed by atoms with Crippen LogP contribution in [-0.4, -0.2) is 0 Å². The molecule has 0 spiro atoms. The number of benzene rings is 12. The molecule has 12 aromatic carbocycles. The van der Waals surface area contributed by atoms with Gasteiger partial charge in [0.15, 0.2) is 0 Å². The van der Waals surface area contributed by atoms with Crippen molar-refractivity contribution in [2.75, 3.05) is 9.80 Å². The SMILES string of the molecule is c1ccc(-c2ccc3c(c2)c2ccccc2c2c(-c4ccc(N(c5ccccc5)c5ccccc5)cc4)c(-c4ccccc4)cc(-c4ccc(N(c5ccccc5)c5ccccc5)cc4)c32)cc1. The molecule has 0 saturated heterocycles. The fraction of sp³-hybridized carbons (Fsp3) is 0. The quantitative estimate of drug-likeness (QED) is 0.126. The van der Waals surface area contributed by atoms with E-state index in [0.717, 1.165) is 45.3 Å². The topological polar surface area (TPSA) is 6.48 Å². The highest BCUT2D eigenvalue weighted by Crippen LogP contribution is 2.50. The van der Waals surface area contributed by atoms with Crippen LogP contribution in [0, 0.1) is 0 Å². The Bertz CT molecular complexity index is 3590. The average Bonchev–Trinajstić information content (AvgIpc) is 3.42. The van der Waals surface area contributed by atoms with E-state index < -0.39 is 0 Å². The molecule has 12 rings (SSSR count). The van der Waals surface area contributed by atoms with Crippen LogP contribution in [0.2, 0.25) is 0 Å². The van der Waals surface area contributed by atoms with E-state index in [2.05, 4.69) is 289 Å². The molecule has 0 aliphatic heterocycles. The Morgan fingerprint density at radius 3 is 1.03 bits per heavy atom. The first-order chi connectivity index (χ1) is 33.8. The zero-order valence-corrected chi connectivity index (χ0v) is 37.5. The van der Waals surface area contributed by atoms with Gasteiger partial charge >= 0.3 is 0 Å². The fourth-order valence-electron chi connectivity index (χ4n) is 10.1. The van der Waals surface area contributed by atoms with E-state index in [1.165, 1.54) is 65.7 Å². The molecule has 0 amide bonds. The maximum atomic E-state index is 2.46. The Balaban J connectivity index is 1.14. The smallest absolute Gasteiger partial charge is 0.0462 e. The lowest BCUT2D eigenvalue weighted by Gasteiger charge is -2.26. The van der Waals surface area contributed by atoms with Crippen molar-refractivity contribution in [3.63, 3.8) is 0 Å². The zero-order valence-electron chi connectivity index (χ0n) is 37.5. The molecule has 0 radical (unpaired) electrons. The number of nitrogens with zero attached hydrogens (tertiary/aromatic N) is 2. The van der Waals surface area contributed by atoms with E-state index >= 15 is 0 Å². The van der Waals surface area contributed by atoms with E-state index in [-0.39, 0.29) is 0 Å². The maximum absolute atomic E-state index is 2.46. The monoisotopic (exact) mass is 866 g/mol. The molecule has 0 unspecified atom stereocenters. The van der Waals surface area contributed by atoms with Gasteiger partial charge in [-0.15, -0.1) is 0 Å². The Labute approximate surface area is 397 Å². The third-order valence-corrected chi connectivity index (χ3v) is 13.2. The second-order valence-electron chi connectivity index (χ2n) is 17.2. The lowest BCUT2D eigenvalue weighted by atomic mass is 9.81. The molecule has 0 aliphatic carbocycles. The Morgan fingerprint density at radius 2 is 0.544 bits per heavy atom. The molecule has 12 aromatic rings. The van der Waals surface area contributed by atoms with Crippen molar-refractivity contribution in [2.45, 2.75) is 0 Å². The highest BCUT2D eigenvalue weighted by atomic mass is 15.1. The van der Waals surface area contributed by atoms with Gasteiger partial charge in [0.25, 0.3) is 0 Å². The summed E-state index contributed by atoms with van der Waals surface area (Å²) >= 11 is 0. The van der Waals surface area contributed by atoms with Crippen LogP contribution in [0.1, 0.15) is 0 Å². The van der Waals surface area contributed by atoms with Gasteiger partial charge in [-0.1, -0.05) is 194 Å². The number of hydrogen-bond acceptors (Lipinski definition) is 2. The van der Waals surface area contributed by atoms with Gasteiger partial charge in [0.2, 0.25) is 0 Å². The largest absolute Gasteiger partial charge is 0.311 e. The minimum atomic E-state index is 1.09. The Kier molecular flexibility index (Phi) is 10.6. The van der Waals surface area contributed by atoms with Crippen LogP contribution in [0.5, 0.6) is 0 Å². The standard InChI is InChI=1S/C66H46N2/c1-7-21-47(22-8-1)51-39-44-60-63(45-51)58-33-19-20-34-59(58)66-64(50-37-42-57(43-38-50)68(54-29-15-5-16-30-54)55-31-17-6-18-32-55)61(48-23-9-2-10-24-48)46-62(65(60)66)49-35-40-56(41-36-49)67(52-25-11-3-12-26-52)53-27-13-4-14-28-53/h1-46H. The molecule has 320 valence electrons. The lowest BCUT2D eigenvalue weighted by molar-refractivity contribution is 1.28. The molecule has 0 saturated carbocycles. The molecule has 0 aromatic heterocycles. The second kappa shape index (κ2) is 17.8. The summed E-state index contributed by atoms with van der Waals surface area (Å²) in [4.78, 5) is 4.66. The molecular formula is C66H46N2. The van der Waals surface area contributed by atoms with Crippen molar-refractivity contribution < 1.29 is 0 Å². The van der Waals surface area contributed by atoms with Gasteiger partial charge in [0.1, 0.15) is 0 Å². The molecule has 0 aliphatic rings. The zero-order chi connectivity index (χ0) is 45.2. The molecule has 0 fully saturated rings. The summed E-state index contributed by atoms with van der Waals surface area (Å²) in [5.74, 6) is 0. The molecule has 0 N–H and O–H groups in total. The number of hydrogen-bond donors (Lipinski definition) is 0. The van der Waals surface area contributed by atoms with Gasteiger partial charge < -0.3 is 9.80 Å². The van der Waals surface area contributed by atoms with Gasteiger partial charge in [-0.2, -0.15) is 0 Å². The molecule has 0 bridgehead atoms. The predicted octanol–water partition coefficient (Wildman–Crippen LogP) is 18.8. The summed E-state index contributed by atoms with van der Waals surface area (Å²) < 4.78 is 0. The van der Waals surface area contributed by atoms with E-state index in [1.807, 2.05) is 0 Å². The van der Waals surface area contributed by atoms with Crippen LogP contribution >= 0.6 is 0 Å². The lowest BCUT2D eigenvalue weighted by Crippen LogP contribution is -2.09. The Morgan fingerprint density at radius 1 is 0.191 bits per heavy atom. The van der Waals surface area contributed by atoms with Crippen LogP contribution < -0.4 is 9.80 Å². The van der Waals surface area contributed by atoms with Crippen LogP contribution in [0.4, 0.5) is 34.1 Å². The summed E-state index contributed by atoms with van der Waals surface area (Å²) in [6, 6.07) is 101. The summed E-state index contributed by atoms with van der Waals surface area (Å²) in [6.07, 6.45) is 0. The predicted molar refractivity (Wildman–Crippen MR) is 290 cm³/mol. The van der Waals surface area contributed by atoms with Crippen molar-refractivity contribution >= 4 is 66.4 Å². The highest BCUT2D eigenvalue weighted by molar-refractivity contribution is 6.33. The normalized spacial score (nSPS) is 11.2. The maximum Gasteiger partial charge on any atom is 0.0462 e. The minimum Gasteiger partial charge on any atom is -0.311 e. The van der Waals surface area contributed by atoms with Crippen LogP contribution in [-0.2, 0) is 0 Å². The first-order valence-electron chi connectivity index (χ1n) is 23.3. The van der Waals surface area contributed by atoms with Crippen molar-refractivity contribution in [2.24, 2.45) is 0 Å². The van der Waals surface area contributed by atoms with Gasteiger partial charge in [-0.3, -0.25) is 0 Å². The minimum absolute atomic E-state index is 1.09. The molecular weight excluding hydrogens is 821 g/mol. The van der Waals surface area contributed by atoms with Crippen molar-refractivity contribution in [1.82, 2.24) is 0 Å². The number of fused-ring (bicyclic) bond motifs is 6. The van der Waals surface area contributed by atoms with E-state index in [9.17, 15) is 0 Å². The number of anilines is 6. The van der Waals surface area contributed by atoms with Crippen LogP contribution in [0.25, 0.3) is 76.8 Å². The number of rotatable bonds is 10. The molecule has 0 heterocycles. The van der Waals surface area contributed by atoms with E-state index in [0.29, 0.717) is 0 Å². The van der Waals surface area contributed by atoms with Gasteiger partial charge in [-0.05, 0) is 162 Å². The molecule has 0 atom stereocenters. The van der Waals surface area contributed by atoms with Crippen molar-refractivity contribution in [1.29, 1.82) is 0 Å². The van der Waals surface area contributed by atoms with Crippen molar-refractivity contribution in [3.8, 4) is 44.5 Å². The second-order valence-corrected chi connectivity index (χ2v) is 17.2.